The maximum atomic E-state index is 12.3. The van der Waals surface area contributed by atoms with Gasteiger partial charge in [-0.3, -0.25) is 19.6 Å². The van der Waals surface area contributed by atoms with Crippen LogP contribution in [0.4, 0.5) is 0 Å². The summed E-state index contributed by atoms with van der Waals surface area (Å²) in [4.78, 5) is 34.6. The number of carbonyl (C=O) groups excluding carboxylic acids is 2. The molecule has 2 aromatic rings. The van der Waals surface area contributed by atoms with E-state index in [1.54, 1.807) is 17.3 Å². The van der Waals surface area contributed by atoms with E-state index in [2.05, 4.69) is 15.3 Å². The van der Waals surface area contributed by atoms with Crippen LogP contribution in [-0.4, -0.2) is 39.8 Å². The van der Waals surface area contributed by atoms with Gasteiger partial charge in [0.2, 0.25) is 11.8 Å². The fourth-order valence-electron chi connectivity index (χ4n) is 2.96. The van der Waals surface area contributed by atoms with Crippen molar-refractivity contribution in [3.63, 3.8) is 0 Å². The van der Waals surface area contributed by atoms with Crippen LogP contribution in [0.3, 0.4) is 0 Å². The first-order valence-corrected chi connectivity index (χ1v) is 8.57. The summed E-state index contributed by atoms with van der Waals surface area (Å²) in [5.41, 5.74) is 1.86. The van der Waals surface area contributed by atoms with Crippen molar-refractivity contribution >= 4 is 11.8 Å². The van der Waals surface area contributed by atoms with Crippen LogP contribution < -0.4 is 5.32 Å². The largest absolute Gasteiger partial charge is 0.356 e. The van der Waals surface area contributed by atoms with E-state index in [-0.39, 0.29) is 24.2 Å². The summed E-state index contributed by atoms with van der Waals surface area (Å²) in [6.45, 7) is 1.52. The Labute approximate surface area is 147 Å². The molecule has 0 saturated carbocycles. The second kappa shape index (κ2) is 8.37. The third-order valence-corrected chi connectivity index (χ3v) is 4.30. The van der Waals surface area contributed by atoms with Gasteiger partial charge in [-0.2, -0.15) is 0 Å². The number of amides is 2. The Morgan fingerprint density at radius 2 is 1.84 bits per heavy atom. The van der Waals surface area contributed by atoms with Gasteiger partial charge in [0.15, 0.2) is 0 Å². The molecule has 6 nitrogen and oxygen atoms in total. The molecule has 1 aliphatic heterocycles. The van der Waals surface area contributed by atoms with Crippen molar-refractivity contribution in [1.29, 1.82) is 0 Å². The second-order valence-corrected chi connectivity index (χ2v) is 6.21. The zero-order valence-electron chi connectivity index (χ0n) is 14.1. The molecule has 25 heavy (non-hydrogen) atoms. The average Bonchev–Trinajstić information content (AvgIpc) is 3.01. The molecule has 3 heterocycles. The Balaban J connectivity index is 1.41. The predicted octanol–water partition coefficient (Wildman–Crippen LogP) is 1.57. The van der Waals surface area contributed by atoms with Crippen LogP contribution in [-0.2, 0) is 22.6 Å². The first kappa shape index (κ1) is 17.1. The van der Waals surface area contributed by atoms with Crippen molar-refractivity contribution in [2.45, 2.75) is 25.8 Å². The van der Waals surface area contributed by atoms with Crippen molar-refractivity contribution in [3.05, 3.63) is 60.2 Å². The minimum absolute atomic E-state index is 0.0132. The lowest BCUT2D eigenvalue weighted by Crippen LogP contribution is -2.33. The summed E-state index contributed by atoms with van der Waals surface area (Å²) >= 11 is 0. The fraction of sp³-hybridized carbons (Fsp3) is 0.368. The SMILES string of the molecule is O=C(NCCCc1ccccn1)[C@@H]1CC(=O)N(Cc2ccccn2)C1. The molecule has 1 N–H and O–H groups in total. The maximum Gasteiger partial charge on any atom is 0.225 e. The number of hydrogen-bond acceptors (Lipinski definition) is 4. The molecule has 0 bridgehead atoms. The standard InChI is InChI=1S/C19H22N4O2/c24-18-12-15(13-23(18)14-17-7-2-4-10-21-17)19(25)22-11-5-8-16-6-1-3-9-20-16/h1-4,6-7,9-10,15H,5,8,11-14H2,(H,22,25)/t15-/m1/s1. The molecule has 130 valence electrons. The molecular formula is C19H22N4O2. The van der Waals surface area contributed by atoms with Crippen LogP contribution in [0.5, 0.6) is 0 Å². The van der Waals surface area contributed by atoms with E-state index in [4.69, 9.17) is 0 Å². The van der Waals surface area contributed by atoms with Gasteiger partial charge < -0.3 is 10.2 Å². The number of hydrogen-bond donors (Lipinski definition) is 1. The van der Waals surface area contributed by atoms with Gasteiger partial charge in [0, 0.05) is 37.6 Å². The summed E-state index contributed by atoms with van der Waals surface area (Å²) in [7, 11) is 0. The van der Waals surface area contributed by atoms with Gasteiger partial charge in [-0.1, -0.05) is 12.1 Å². The summed E-state index contributed by atoms with van der Waals surface area (Å²) < 4.78 is 0. The van der Waals surface area contributed by atoms with Crippen LogP contribution in [0.2, 0.25) is 0 Å². The molecule has 3 rings (SSSR count). The van der Waals surface area contributed by atoms with Gasteiger partial charge >= 0.3 is 0 Å². The Bertz CT molecular complexity index is 706. The van der Waals surface area contributed by atoms with Crippen LogP contribution in [0, 0.1) is 5.92 Å². The molecule has 1 saturated heterocycles. The number of nitrogens with zero attached hydrogens (tertiary/aromatic N) is 3. The van der Waals surface area contributed by atoms with Crippen LogP contribution >= 0.6 is 0 Å². The Kier molecular flexibility index (Phi) is 5.72. The predicted molar refractivity (Wildman–Crippen MR) is 93.3 cm³/mol. The molecule has 6 heteroatoms. The molecule has 0 unspecified atom stereocenters. The summed E-state index contributed by atoms with van der Waals surface area (Å²) in [6.07, 6.45) is 5.42. The van der Waals surface area contributed by atoms with Gasteiger partial charge in [-0.15, -0.1) is 0 Å². The third kappa shape index (κ3) is 4.86. The molecule has 2 amide bonds. The number of nitrogens with one attached hydrogen (secondary N) is 1. The lowest BCUT2D eigenvalue weighted by atomic mass is 10.1. The normalized spacial score (nSPS) is 16.9. The van der Waals surface area contributed by atoms with Crippen molar-refractivity contribution in [2.75, 3.05) is 13.1 Å². The quantitative estimate of drug-likeness (QED) is 0.778. The Morgan fingerprint density at radius 1 is 1.12 bits per heavy atom. The fourth-order valence-corrected chi connectivity index (χ4v) is 2.96. The van der Waals surface area contributed by atoms with Gasteiger partial charge in [-0.05, 0) is 37.1 Å². The van der Waals surface area contributed by atoms with Crippen LogP contribution in [0.15, 0.2) is 48.8 Å². The van der Waals surface area contributed by atoms with Crippen molar-refractivity contribution in [3.8, 4) is 0 Å². The van der Waals surface area contributed by atoms with Crippen molar-refractivity contribution in [2.24, 2.45) is 5.92 Å². The average molecular weight is 338 g/mol. The van der Waals surface area contributed by atoms with Crippen molar-refractivity contribution < 1.29 is 9.59 Å². The van der Waals surface area contributed by atoms with Crippen LogP contribution in [0.1, 0.15) is 24.2 Å². The lowest BCUT2D eigenvalue weighted by Gasteiger charge is -2.16. The van der Waals surface area contributed by atoms with Crippen molar-refractivity contribution in [1.82, 2.24) is 20.2 Å². The zero-order valence-corrected chi connectivity index (χ0v) is 14.1. The van der Waals surface area contributed by atoms with E-state index in [1.165, 1.54) is 0 Å². The second-order valence-electron chi connectivity index (χ2n) is 6.21. The highest BCUT2D eigenvalue weighted by molar-refractivity contribution is 5.89. The zero-order chi connectivity index (χ0) is 17.5. The van der Waals surface area contributed by atoms with E-state index < -0.39 is 0 Å². The Hall–Kier alpha value is -2.76. The molecule has 1 aliphatic rings. The number of likely N-dealkylation sites (tertiary alicyclic amines) is 1. The van der Waals surface area contributed by atoms with Gasteiger partial charge in [0.05, 0.1) is 18.2 Å². The van der Waals surface area contributed by atoms with E-state index in [1.807, 2.05) is 36.4 Å². The smallest absolute Gasteiger partial charge is 0.225 e. The monoisotopic (exact) mass is 338 g/mol. The molecule has 0 aromatic carbocycles. The number of rotatable bonds is 7. The highest BCUT2D eigenvalue weighted by Gasteiger charge is 2.34. The summed E-state index contributed by atoms with van der Waals surface area (Å²) in [5.74, 6) is -0.303. The number of aromatic nitrogens is 2. The molecule has 0 aliphatic carbocycles. The summed E-state index contributed by atoms with van der Waals surface area (Å²) in [6, 6.07) is 11.5. The molecule has 1 fully saturated rings. The molecule has 2 aromatic heterocycles. The molecule has 0 spiro atoms. The highest BCUT2D eigenvalue weighted by atomic mass is 16.2. The first-order valence-electron chi connectivity index (χ1n) is 8.57. The highest BCUT2D eigenvalue weighted by Crippen LogP contribution is 2.19. The topological polar surface area (TPSA) is 75.2 Å². The maximum absolute atomic E-state index is 12.3. The van der Waals surface area contributed by atoms with E-state index >= 15 is 0 Å². The van der Waals surface area contributed by atoms with Gasteiger partial charge in [0.1, 0.15) is 0 Å². The van der Waals surface area contributed by atoms with Gasteiger partial charge in [-0.25, -0.2) is 0 Å². The molecular weight excluding hydrogens is 316 g/mol. The van der Waals surface area contributed by atoms with E-state index in [0.29, 0.717) is 19.6 Å². The molecule has 0 radical (unpaired) electrons. The molecule has 1 atom stereocenters. The minimum Gasteiger partial charge on any atom is -0.356 e. The number of pyridine rings is 2. The van der Waals surface area contributed by atoms with E-state index in [9.17, 15) is 9.59 Å². The first-order chi connectivity index (χ1) is 12.2. The lowest BCUT2D eigenvalue weighted by molar-refractivity contribution is -0.129. The number of aryl methyl sites for hydroxylation is 1. The van der Waals surface area contributed by atoms with Crippen LogP contribution in [0.25, 0.3) is 0 Å². The minimum atomic E-state index is -0.272. The summed E-state index contributed by atoms with van der Waals surface area (Å²) in [5, 5.41) is 2.94. The van der Waals surface area contributed by atoms with Gasteiger partial charge in [0.25, 0.3) is 0 Å². The number of carbonyl (C=O) groups is 2. The van der Waals surface area contributed by atoms with E-state index in [0.717, 1.165) is 24.2 Å². The third-order valence-electron chi connectivity index (χ3n) is 4.30. The Morgan fingerprint density at radius 3 is 2.52 bits per heavy atom.